The van der Waals surface area contributed by atoms with Gasteiger partial charge in [0.2, 0.25) is 5.76 Å². The van der Waals surface area contributed by atoms with Crippen LogP contribution in [-0.2, 0) is 4.74 Å². The number of carbonyl (C=O) groups excluding carboxylic acids is 1. The van der Waals surface area contributed by atoms with Crippen molar-refractivity contribution in [3.05, 3.63) is 23.2 Å². The van der Waals surface area contributed by atoms with Gasteiger partial charge in [-0.05, 0) is 25.4 Å². The highest BCUT2D eigenvalue weighted by Gasteiger charge is 2.13. The number of hydrogen-bond donors (Lipinski definition) is 0. The molecule has 1 aromatic heterocycles. The summed E-state index contributed by atoms with van der Waals surface area (Å²) in [5.41, 5.74) is 0.729. The van der Waals surface area contributed by atoms with Crippen molar-refractivity contribution in [3.8, 4) is 11.2 Å². The minimum atomic E-state index is -0.446. The molecule has 4 heteroatoms. The van der Waals surface area contributed by atoms with E-state index in [9.17, 15) is 4.79 Å². The zero-order valence-electron chi connectivity index (χ0n) is 8.92. The van der Waals surface area contributed by atoms with Crippen molar-refractivity contribution >= 4 is 17.7 Å². The van der Waals surface area contributed by atoms with E-state index < -0.39 is 5.97 Å². The molecular weight excluding hydrogens is 212 g/mol. The van der Waals surface area contributed by atoms with Crippen LogP contribution in [-0.4, -0.2) is 18.8 Å². The third-order valence-electron chi connectivity index (χ3n) is 1.68. The van der Waals surface area contributed by atoms with Crippen LogP contribution in [0, 0.1) is 18.1 Å². The van der Waals surface area contributed by atoms with Crippen molar-refractivity contribution in [2.75, 3.05) is 12.9 Å². The molecule has 0 aliphatic carbocycles. The second-order valence-electron chi connectivity index (χ2n) is 2.73. The average molecular weight is 224 g/mol. The third kappa shape index (κ3) is 3.07. The molecule has 1 rings (SSSR count). The number of rotatable bonds is 2. The molecule has 0 N–H and O–H groups in total. The Labute approximate surface area is 93.2 Å². The first-order chi connectivity index (χ1) is 7.19. The van der Waals surface area contributed by atoms with Crippen LogP contribution in [0.1, 0.15) is 28.8 Å². The molecule has 1 aromatic rings. The summed E-state index contributed by atoms with van der Waals surface area (Å²) in [4.78, 5) is 11.3. The van der Waals surface area contributed by atoms with Crippen LogP contribution in [0.5, 0.6) is 0 Å². The van der Waals surface area contributed by atoms with Gasteiger partial charge in [0.1, 0.15) is 5.76 Å². The molecule has 0 aromatic carbocycles. The monoisotopic (exact) mass is 224 g/mol. The van der Waals surface area contributed by atoms with Crippen molar-refractivity contribution in [1.29, 1.82) is 0 Å². The van der Waals surface area contributed by atoms with Crippen molar-refractivity contribution in [1.82, 2.24) is 0 Å². The molecule has 3 nitrogen and oxygen atoms in total. The van der Waals surface area contributed by atoms with E-state index in [0.717, 1.165) is 5.56 Å². The number of esters is 1. The third-order valence-corrected chi connectivity index (χ3v) is 1.99. The fourth-order valence-corrected chi connectivity index (χ4v) is 1.23. The number of carbonyl (C=O) groups is 1. The Balaban J connectivity index is 2.90. The molecule has 0 fully saturated rings. The number of furan rings is 1. The van der Waals surface area contributed by atoms with E-state index in [0.29, 0.717) is 12.4 Å². The molecule has 0 atom stereocenters. The Morgan fingerprint density at radius 2 is 2.40 bits per heavy atom. The SMILES string of the molecule is CCOC(=O)c1cc(C#CSC)c(C)o1. The summed E-state index contributed by atoms with van der Waals surface area (Å²) in [7, 11) is 0. The first kappa shape index (κ1) is 11.7. The standard InChI is InChI=1S/C11H12O3S/c1-4-13-11(12)10-7-9(5-6-15-3)8(2)14-10/h7H,4H2,1-3H3. The molecule has 0 bridgehead atoms. The predicted octanol–water partition coefficient (Wildman–Crippen LogP) is 2.44. The first-order valence-electron chi connectivity index (χ1n) is 4.50. The van der Waals surface area contributed by atoms with E-state index in [1.807, 2.05) is 6.26 Å². The van der Waals surface area contributed by atoms with Gasteiger partial charge in [-0.2, -0.15) is 0 Å². The lowest BCUT2D eigenvalue weighted by Gasteiger charge is -1.95. The summed E-state index contributed by atoms with van der Waals surface area (Å²) in [5, 5.41) is 2.84. The van der Waals surface area contributed by atoms with E-state index in [1.54, 1.807) is 19.9 Å². The largest absolute Gasteiger partial charge is 0.460 e. The molecule has 0 saturated carbocycles. The molecule has 15 heavy (non-hydrogen) atoms. The lowest BCUT2D eigenvalue weighted by atomic mass is 10.2. The molecule has 0 saturated heterocycles. The van der Waals surface area contributed by atoms with Crippen LogP contribution in [0.25, 0.3) is 0 Å². The Bertz CT molecular complexity index is 409. The van der Waals surface area contributed by atoms with Crippen LogP contribution in [0.2, 0.25) is 0 Å². The fraction of sp³-hybridized carbons (Fsp3) is 0.364. The molecule has 80 valence electrons. The lowest BCUT2D eigenvalue weighted by Crippen LogP contribution is -2.02. The highest BCUT2D eigenvalue weighted by atomic mass is 32.2. The second-order valence-corrected chi connectivity index (χ2v) is 3.34. The van der Waals surface area contributed by atoms with Gasteiger partial charge in [-0.25, -0.2) is 4.79 Å². The van der Waals surface area contributed by atoms with E-state index >= 15 is 0 Å². The normalized spacial score (nSPS) is 9.27. The molecule has 0 aliphatic rings. The summed E-state index contributed by atoms with van der Waals surface area (Å²) in [6.07, 6.45) is 1.88. The van der Waals surface area contributed by atoms with Gasteiger partial charge in [0.25, 0.3) is 0 Å². The van der Waals surface area contributed by atoms with Gasteiger partial charge in [-0.15, -0.1) is 0 Å². The number of aryl methyl sites for hydroxylation is 1. The van der Waals surface area contributed by atoms with Gasteiger partial charge >= 0.3 is 5.97 Å². The minimum absolute atomic E-state index is 0.208. The Hall–Kier alpha value is -1.34. The smallest absolute Gasteiger partial charge is 0.374 e. The maximum Gasteiger partial charge on any atom is 0.374 e. The van der Waals surface area contributed by atoms with Crippen LogP contribution in [0.15, 0.2) is 10.5 Å². The predicted molar refractivity (Wildman–Crippen MR) is 59.8 cm³/mol. The lowest BCUT2D eigenvalue weighted by molar-refractivity contribution is 0.0488. The Morgan fingerprint density at radius 3 is 3.00 bits per heavy atom. The Kier molecular flexibility index (Phi) is 4.32. The van der Waals surface area contributed by atoms with Crippen molar-refractivity contribution in [3.63, 3.8) is 0 Å². The minimum Gasteiger partial charge on any atom is -0.460 e. The molecule has 1 heterocycles. The molecule has 0 unspecified atom stereocenters. The molecule has 0 radical (unpaired) electrons. The quantitative estimate of drug-likeness (QED) is 0.571. The summed E-state index contributed by atoms with van der Waals surface area (Å²) < 4.78 is 10.1. The maximum atomic E-state index is 11.3. The highest BCUT2D eigenvalue weighted by molar-refractivity contribution is 8.03. The van der Waals surface area contributed by atoms with E-state index in [4.69, 9.17) is 9.15 Å². The van der Waals surface area contributed by atoms with E-state index in [2.05, 4.69) is 11.2 Å². The number of ether oxygens (including phenoxy) is 1. The molecule has 0 aliphatic heterocycles. The second kappa shape index (κ2) is 5.52. The average Bonchev–Trinajstić information content (AvgIpc) is 2.57. The maximum absolute atomic E-state index is 11.3. The zero-order chi connectivity index (χ0) is 11.3. The highest BCUT2D eigenvalue weighted by Crippen LogP contribution is 2.14. The van der Waals surface area contributed by atoms with Crippen LogP contribution < -0.4 is 0 Å². The number of hydrogen-bond acceptors (Lipinski definition) is 4. The van der Waals surface area contributed by atoms with Gasteiger partial charge in [0, 0.05) is 6.07 Å². The molecule has 0 amide bonds. The van der Waals surface area contributed by atoms with Gasteiger partial charge in [-0.3, -0.25) is 0 Å². The summed E-state index contributed by atoms with van der Waals surface area (Å²) in [6, 6.07) is 1.61. The summed E-state index contributed by atoms with van der Waals surface area (Å²) >= 11 is 1.41. The summed E-state index contributed by atoms with van der Waals surface area (Å²) in [6.45, 7) is 3.86. The topological polar surface area (TPSA) is 39.4 Å². The summed E-state index contributed by atoms with van der Waals surface area (Å²) in [5.74, 6) is 3.29. The number of thioether (sulfide) groups is 1. The fourth-order valence-electron chi connectivity index (χ4n) is 1.02. The Morgan fingerprint density at radius 1 is 1.67 bits per heavy atom. The van der Waals surface area contributed by atoms with E-state index in [-0.39, 0.29) is 5.76 Å². The first-order valence-corrected chi connectivity index (χ1v) is 5.73. The van der Waals surface area contributed by atoms with Crippen LogP contribution in [0.4, 0.5) is 0 Å². The van der Waals surface area contributed by atoms with Gasteiger partial charge < -0.3 is 9.15 Å². The van der Waals surface area contributed by atoms with Gasteiger partial charge in [0.05, 0.1) is 12.2 Å². The molecular formula is C11H12O3S. The van der Waals surface area contributed by atoms with Crippen LogP contribution in [0.3, 0.4) is 0 Å². The van der Waals surface area contributed by atoms with Crippen molar-refractivity contribution in [2.24, 2.45) is 0 Å². The zero-order valence-corrected chi connectivity index (χ0v) is 9.73. The van der Waals surface area contributed by atoms with Crippen molar-refractivity contribution in [2.45, 2.75) is 13.8 Å². The van der Waals surface area contributed by atoms with Gasteiger partial charge in [-0.1, -0.05) is 17.7 Å². The van der Waals surface area contributed by atoms with Crippen LogP contribution >= 0.6 is 11.8 Å². The van der Waals surface area contributed by atoms with E-state index in [1.165, 1.54) is 11.8 Å². The van der Waals surface area contributed by atoms with Crippen molar-refractivity contribution < 1.29 is 13.9 Å². The molecule has 0 spiro atoms. The van der Waals surface area contributed by atoms with Gasteiger partial charge in [0.15, 0.2) is 0 Å².